The number of H-pyrrole nitrogens is 2. The number of nitrogens with two attached hydrogens (primary N) is 1. The summed E-state index contributed by atoms with van der Waals surface area (Å²) < 4.78 is 5.45. The normalized spacial score (nSPS) is 12.0. The maximum Gasteiger partial charge on any atom is 0.348 e. The number of hydrogen-bond acceptors (Lipinski definition) is 11. The van der Waals surface area contributed by atoms with Crippen LogP contribution in [0.25, 0.3) is 6.08 Å². The molecule has 0 bridgehead atoms. The third-order valence-corrected chi connectivity index (χ3v) is 8.90. The number of aryl methyl sites for hydroxylation is 2. The van der Waals surface area contributed by atoms with Crippen molar-refractivity contribution < 1.29 is 19.1 Å². The van der Waals surface area contributed by atoms with E-state index in [4.69, 9.17) is 10.5 Å². The summed E-state index contributed by atoms with van der Waals surface area (Å²) in [6, 6.07) is 10.4. The first-order chi connectivity index (χ1) is 30.3. The summed E-state index contributed by atoms with van der Waals surface area (Å²) in [4.78, 5) is 82.2. The number of amides is 4. The van der Waals surface area contributed by atoms with Gasteiger partial charge >= 0.3 is 18.0 Å². The predicted molar refractivity (Wildman–Crippen MR) is 244 cm³/mol. The number of nitriles is 1. The van der Waals surface area contributed by atoms with E-state index in [0.717, 1.165) is 25.7 Å². The van der Waals surface area contributed by atoms with E-state index in [9.17, 15) is 29.2 Å². The Bertz CT molecular complexity index is 2240. The summed E-state index contributed by atoms with van der Waals surface area (Å²) in [5.41, 5.74) is 7.57. The van der Waals surface area contributed by atoms with Gasteiger partial charge < -0.3 is 47.0 Å². The smallest absolute Gasteiger partial charge is 0.348 e. The van der Waals surface area contributed by atoms with E-state index in [1.54, 1.807) is 38.1 Å². The number of unbranched alkanes of at least 4 members (excludes halogenated alkanes) is 3. The highest BCUT2D eigenvalue weighted by atomic mass is 16.5. The number of aromatic amines is 2. The molecule has 3 aromatic rings. The monoisotopic (exact) mass is 869 g/mol. The van der Waals surface area contributed by atoms with Crippen molar-refractivity contribution in [3.05, 3.63) is 92.0 Å². The number of aromatic nitrogens is 4. The molecule has 2 heterocycles. The van der Waals surface area contributed by atoms with Gasteiger partial charge in [-0.2, -0.15) is 25.2 Å². The molecule has 21 nitrogen and oxygen atoms in total. The molecule has 21 heteroatoms. The zero-order valence-electron chi connectivity index (χ0n) is 36.3. The first-order valence-electron chi connectivity index (χ1n) is 20.8. The molecular weight excluding hydrogens is 811 g/mol. The number of guanidine groups is 2. The number of hydrogen-bond donors (Lipinski definition) is 10. The number of carbonyl (C=O) groups excluding carboxylic acids is 3. The molecule has 11 N–H and O–H groups in total. The Morgan fingerprint density at radius 2 is 1.37 bits per heavy atom. The molecule has 0 radical (unpaired) electrons. The van der Waals surface area contributed by atoms with Crippen LogP contribution in [0.3, 0.4) is 0 Å². The minimum absolute atomic E-state index is 0.00242. The molecule has 1 unspecified atom stereocenters. The zero-order valence-corrected chi connectivity index (χ0v) is 36.3. The predicted octanol–water partition coefficient (Wildman–Crippen LogP) is 4.07. The maximum atomic E-state index is 12.6. The maximum absolute atomic E-state index is 12.6. The molecule has 0 saturated heterocycles. The summed E-state index contributed by atoms with van der Waals surface area (Å²) in [5.74, 6) is 0.141. The van der Waals surface area contributed by atoms with Crippen LogP contribution in [0.5, 0.6) is 0 Å². The molecule has 3 rings (SSSR count). The van der Waals surface area contributed by atoms with E-state index in [1.807, 2.05) is 6.07 Å². The molecule has 0 aliphatic heterocycles. The Balaban J connectivity index is 1.56. The third-order valence-electron chi connectivity index (χ3n) is 8.90. The minimum Gasteiger partial charge on any atom is -0.461 e. The molecule has 0 aliphatic rings. The van der Waals surface area contributed by atoms with E-state index in [0.29, 0.717) is 80.3 Å². The van der Waals surface area contributed by atoms with Gasteiger partial charge in [0.2, 0.25) is 23.8 Å². The van der Waals surface area contributed by atoms with E-state index in [-0.39, 0.29) is 41.9 Å². The largest absolute Gasteiger partial charge is 0.461 e. The third kappa shape index (κ3) is 20.5. The van der Waals surface area contributed by atoms with Crippen molar-refractivity contribution in [1.82, 2.24) is 41.2 Å². The highest BCUT2D eigenvalue weighted by molar-refractivity contribution is 6.01. The fourth-order valence-corrected chi connectivity index (χ4v) is 5.61. The van der Waals surface area contributed by atoms with Crippen LogP contribution in [0.2, 0.25) is 0 Å². The van der Waals surface area contributed by atoms with Crippen molar-refractivity contribution in [2.24, 2.45) is 21.6 Å². The minimum atomic E-state index is -0.661. The van der Waals surface area contributed by atoms with E-state index >= 15 is 0 Å². The highest BCUT2D eigenvalue weighted by Crippen LogP contribution is 2.16. The highest BCUT2D eigenvalue weighted by Gasteiger charge is 2.15. The van der Waals surface area contributed by atoms with Crippen LogP contribution >= 0.6 is 0 Å². The van der Waals surface area contributed by atoms with Crippen LogP contribution in [0.1, 0.15) is 82.2 Å². The molecule has 0 fully saturated rings. The number of aliphatic imine (C=N–C) groups is 2. The Kier molecular flexibility index (Phi) is 21.7. The van der Waals surface area contributed by atoms with Crippen molar-refractivity contribution in [3.8, 4) is 6.07 Å². The SMILES string of the molecule is C=C(/N=C(\N=C(/N)Nc1ccc(/C=C(\C#N)C(=O)OCC(CC)CCCC)cc1)NCCCCNC(=O)Nc1nc(=O)cc(C)[nH]1)NCCCCNC(=O)Nc1nc(=O)cc(C)[nH]1. The lowest BCUT2D eigenvalue weighted by Gasteiger charge is -2.14. The summed E-state index contributed by atoms with van der Waals surface area (Å²) in [5, 5.41) is 29.3. The molecule has 0 spiro atoms. The standard InChI is InChI=1S/C42H59N15O6/c1-6-8-13-30(7-2)26-63-36(60)32(25-43)24-31-14-16-33(17-15-31)52-37(44)55-38(46-19-10-12-21-48-42(62)57-40-50-28(4)23-35(59)54-40)51-29(5)45-18-9-11-20-47-41(61)56-39-49-27(3)22-34(58)53-39/h14-17,22-24,30,45H,5-13,18-21,26H2,1-4H3,(H4,44,46,51,52,55)(H3,47,49,53,56,58,61)(H3,48,50,54,57,59,62)/b32-24+. The van der Waals surface area contributed by atoms with Crippen molar-refractivity contribution in [2.45, 2.75) is 79.1 Å². The van der Waals surface area contributed by atoms with Gasteiger partial charge in [-0.05, 0) is 75.6 Å². The molecule has 4 amide bonds. The molecule has 2 aromatic heterocycles. The van der Waals surface area contributed by atoms with E-state index in [2.05, 4.69) is 87.6 Å². The number of anilines is 3. The number of nitrogens with one attached hydrogen (secondary N) is 9. The topological polar surface area (TPSA) is 311 Å². The lowest BCUT2D eigenvalue weighted by Crippen LogP contribution is -2.32. The summed E-state index contributed by atoms with van der Waals surface area (Å²) in [6.45, 7) is 13.4. The van der Waals surface area contributed by atoms with Gasteiger partial charge in [0.15, 0.2) is 0 Å². The number of urea groups is 2. The van der Waals surface area contributed by atoms with Crippen molar-refractivity contribution in [1.29, 1.82) is 5.26 Å². The molecular formula is C42H59N15O6. The van der Waals surface area contributed by atoms with Crippen LogP contribution in [0.4, 0.5) is 27.2 Å². The van der Waals surface area contributed by atoms with Crippen LogP contribution in [-0.2, 0) is 9.53 Å². The van der Waals surface area contributed by atoms with E-state index < -0.39 is 29.2 Å². The summed E-state index contributed by atoms with van der Waals surface area (Å²) in [6.07, 6.45) is 7.89. The van der Waals surface area contributed by atoms with Gasteiger partial charge in [0.25, 0.3) is 11.1 Å². The lowest BCUT2D eigenvalue weighted by atomic mass is 10.0. The van der Waals surface area contributed by atoms with Crippen molar-refractivity contribution in [2.75, 3.05) is 48.7 Å². The number of nitrogens with zero attached hydrogens (tertiary/aromatic N) is 5. The number of carbonyl (C=O) groups is 3. The fraction of sp³-hybridized carbons (Fsp3) is 0.429. The van der Waals surface area contributed by atoms with Gasteiger partial charge in [-0.3, -0.25) is 20.2 Å². The van der Waals surface area contributed by atoms with Gasteiger partial charge in [0, 0.05) is 55.4 Å². The molecule has 63 heavy (non-hydrogen) atoms. The molecule has 0 saturated carbocycles. The van der Waals surface area contributed by atoms with Gasteiger partial charge in [-0.1, -0.05) is 51.8 Å². The van der Waals surface area contributed by atoms with Crippen molar-refractivity contribution >= 4 is 53.6 Å². The fourth-order valence-electron chi connectivity index (χ4n) is 5.61. The van der Waals surface area contributed by atoms with Crippen LogP contribution in [-0.4, -0.2) is 82.7 Å². The first kappa shape index (κ1) is 49.9. The Morgan fingerprint density at radius 3 is 1.87 bits per heavy atom. The molecule has 1 aromatic carbocycles. The number of benzene rings is 1. The molecule has 338 valence electrons. The quantitative estimate of drug-likeness (QED) is 0.0161. The van der Waals surface area contributed by atoms with Gasteiger partial charge in [-0.15, -0.1) is 0 Å². The van der Waals surface area contributed by atoms with Gasteiger partial charge in [-0.25, -0.2) is 14.4 Å². The first-order valence-corrected chi connectivity index (χ1v) is 20.8. The Hall–Kier alpha value is -7.50. The van der Waals surface area contributed by atoms with E-state index in [1.165, 1.54) is 18.2 Å². The second-order valence-electron chi connectivity index (χ2n) is 14.3. The number of rotatable bonds is 23. The lowest BCUT2D eigenvalue weighted by molar-refractivity contribution is -0.139. The average Bonchev–Trinajstić information content (AvgIpc) is 3.22. The van der Waals surface area contributed by atoms with Gasteiger partial charge in [0.05, 0.1) is 6.61 Å². The zero-order chi connectivity index (χ0) is 46.0. The summed E-state index contributed by atoms with van der Waals surface area (Å²) >= 11 is 0. The van der Waals surface area contributed by atoms with Crippen LogP contribution in [0.15, 0.2) is 73.9 Å². The summed E-state index contributed by atoms with van der Waals surface area (Å²) in [7, 11) is 0. The Morgan fingerprint density at radius 1 is 0.825 bits per heavy atom. The number of ether oxygens (including phenoxy) is 1. The molecule has 1 atom stereocenters. The second kappa shape index (κ2) is 27.4. The molecule has 0 aliphatic carbocycles. The second-order valence-corrected chi connectivity index (χ2v) is 14.3. The van der Waals surface area contributed by atoms with Crippen LogP contribution < -0.4 is 54.1 Å². The number of esters is 1. The van der Waals surface area contributed by atoms with Gasteiger partial charge in [0.1, 0.15) is 17.5 Å². The Labute approximate surface area is 366 Å². The van der Waals surface area contributed by atoms with Crippen molar-refractivity contribution in [3.63, 3.8) is 0 Å². The van der Waals surface area contributed by atoms with Crippen LogP contribution in [0, 0.1) is 31.1 Å². The average molecular weight is 870 g/mol.